The van der Waals surface area contributed by atoms with E-state index in [9.17, 15) is 8.42 Å². The highest BCUT2D eigenvalue weighted by atomic mass is 32.2. The molecule has 0 spiro atoms. The third kappa shape index (κ3) is 7.97. The van der Waals surface area contributed by atoms with Gasteiger partial charge in [-0.05, 0) is 49.7 Å². The Balaban J connectivity index is 2.02. The van der Waals surface area contributed by atoms with Crippen molar-refractivity contribution in [1.29, 1.82) is 0 Å². The van der Waals surface area contributed by atoms with Crippen LogP contribution in [-0.4, -0.2) is 52.0 Å². The van der Waals surface area contributed by atoms with Crippen molar-refractivity contribution in [3.8, 4) is 0 Å². The van der Waals surface area contributed by atoms with Crippen LogP contribution in [0.3, 0.4) is 0 Å². The number of primary sulfonamides is 1. The fourth-order valence-electron chi connectivity index (χ4n) is 3.46. The molecule has 7 nitrogen and oxygen atoms in total. The van der Waals surface area contributed by atoms with Gasteiger partial charge < -0.3 is 10.6 Å². The predicted octanol–water partition coefficient (Wildman–Crippen LogP) is 2.51. The molecule has 31 heavy (non-hydrogen) atoms. The van der Waals surface area contributed by atoms with Crippen molar-refractivity contribution in [3.05, 3.63) is 65.7 Å². The molecule has 170 valence electrons. The number of nitrogens with two attached hydrogens (primary N) is 1. The van der Waals surface area contributed by atoms with Crippen molar-refractivity contribution in [1.82, 2.24) is 15.5 Å². The van der Waals surface area contributed by atoms with Gasteiger partial charge in [0.25, 0.3) is 0 Å². The van der Waals surface area contributed by atoms with E-state index in [4.69, 9.17) is 10.1 Å². The Morgan fingerprint density at radius 3 is 2.19 bits per heavy atom. The number of nitrogens with one attached hydrogen (secondary N) is 2. The lowest BCUT2D eigenvalue weighted by Crippen LogP contribution is -2.39. The van der Waals surface area contributed by atoms with Crippen LogP contribution in [0.2, 0.25) is 0 Å². The van der Waals surface area contributed by atoms with Gasteiger partial charge in [-0.1, -0.05) is 56.3 Å². The van der Waals surface area contributed by atoms with Crippen molar-refractivity contribution < 1.29 is 8.42 Å². The highest BCUT2D eigenvalue weighted by Crippen LogP contribution is 2.20. The van der Waals surface area contributed by atoms with E-state index in [1.54, 1.807) is 24.3 Å². The minimum atomic E-state index is -3.66. The number of likely N-dealkylation sites (N-methyl/N-ethyl adjacent to an activating group) is 1. The zero-order valence-corrected chi connectivity index (χ0v) is 19.5. The lowest BCUT2D eigenvalue weighted by molar-refractivity contribution is 0.224. The minimum absolute atomic E-state index is 0.127. The van der Waals surface area contributed by atoms with Gasteiger partial charge in [-0.25, -0.2) is 13.6 Å². The Kier molecular flexibility index (Phi) is 9.97. The van der Waals surface area contributed by atoms with Crippen LogP contribution in [0, 0.1) is 0 Å². The molecule has 1 atom stereocenters. The third-order valence-electron chi connectivity index (χ3n) is 5.16. The molecule has 0 saturated carbocycles. The number of hydrogen-bond donors (Lipinski definition) is 3. The summed E-state index contributed by atoms with van der Waals surface area (Å²) in [6, 6.07) is 17.4. The summed E-state index contributed by atoms with van der Waals surface area (Å²) in [5.41, 5.74) is 2.29. The molecule has 8 heteroatoms. The van der Waals surface area contributed by atoms with Gasteiger partial charge in [-0.3, -0.25) is 9.89 Å². The highest BCUT2D eigenvalue weighted by Gasteiger charge is 2.17. The van der Waals surface area contributed by atoms with Crippen molar-refractivity contribution in [2.45, 2.75) is 38.1 Å². The molecule has 1 unspecified atom stereocenters. The number of aliphatic imine (C=N–C) groups is 1. The zero-order chi connectivity index (χ0) is 22.7. The van der Waals surface area contributed by atoms with Gasteiger partial charge in [0.2, 0.25) is 10.0 Å². The first kappa shape index (κ1) is 24.8. The van der Waals surface area contributed by atoms with E-state index in [0.29, 0.717) is 13.1 Å². The van der Waals surface area contributed by atoms with E-state index in [2.05, 4.69) is 53.6 Å². The van der Waals surface area contributed by atoms with E-state index in [-0.39, 0.29) is 10.9 Å². The fraction of sp³-hybridized carbons (Fsp3) is 0.435. The Hall–Kier alpha value is -2.42. The molecule has 0 aliphatic carbocycles. The fourth-order valence-corrected chi connectivity index (χ4v) is 3.98. The van der Waals surface area contributed by atoms with Gasteiger partial charge in [0.15, 0.2) is 5.96 Å². The average molecular weight is 446 g/mol. The maximum Gasteiger partial charge on any atom is 0.238 e. The standard InChI is InChI=1S/C23H35N5O2S/c1-4-25-23(26-17-16-19-12-14-21(15-13-19)31(24,29)30)27-18-22(28(5-2)6-3)20-10-8-7-9-11-20/h7-15,22H,4-6,16-18H2,1-3H3,(H2,24,29,30)(H2,25,26,27). The molecule has 0 aromatic heterocycles. The molecule has 0 bridgehead atoms. The van der Waals surface area contributed by atoms with Gasteiger partial charge in [-0.15, -0.1) is 0 Å². The van der Waals surface area contributed by atoms with Gasteiger partial charge in [0, 0.05) is 13.1 Å². The first-order valence-electron chi connectivity index (χ1n) is 10.8. The van der Waals surface area contributed by atoms with E-state index in [0.717, 1.165) is 37.6 Å². The Morgan fingerprint density at radius 1 is 1.00 bits per heavy atom. The van der Waals surface area contributed by atoms with Gasteiger partial charge in [-0.2, -0.15) is 0 Å². The molecule has 2 aromatic rings. The SMILES string of the molecule is CCNC(=NCC(c1ccccc1)N(CC)CC)NCCc1ccc(S(N)(=O)=O)cc1. The Labute approximate surface area is 186 Å². The van der Waals surface area contributed by atoms with Crippen LogP contribution < -0.4 is 15.8 Å². The minimum Gasteiger partial charge on any atom is -0.357 e. The summed E-state index contributed by atoms with van der Waals surface area (Å²) in [5.74, 6) is 0.775. The van der Waals surface area contributed by atoms with Gasteiger partial charge in [0.1, 0.15) is 0 Å². The molecule has 4 N–H and O–H groups in total. The third-order valence-corrected chi connectivity index (χ3v) is 6.09. The largest absolute Gasteiger partial charge is 0.357 e. The smallest absolute Gasteiger partial charge is 0.238 e. The summed E-state index contributed by atoms with van der Waals surface area (Å²) in [6.07, 6.45) is 0.744. The van der Waals surface area contributed by atoms with Crippen molar-refractivity contribution in [3.63, 3.8) is 0 Å². The summed E-state index contributed by atoms with van der Waals surface area (Å²) < 4.78 is 22.8. The summed E-state index contributed by atoms with van der Waals surface area (Å²) in [7, 11) is -3.66. The van der Waals surface area contributed by atoms with Crippen LogP contribution >= 0.6 is 0 Å². The molecule has 2 rings (SSSR count). The quantitative estimate of drug-likeness (QED) is 0.365. The topological polar surface area (TPSA) is 99.8 Å². The van der Waals surface area contributed by atoms with Crippen LogP contribution in [0.15, 0.2) is 64.5 Å². The molecular weight excluding hydrogens is 410 g/mol. The number of guanidine groups is 1. The zero-order valence-electron chi connectivity index (χ0n) is 18.7. The van der Waals surface area contributed by atoms with Crippen LogP contribution in [0.4, 0.5) is 0 Å². The normalized spacial score (nSPS) is 13.3. The summed E-state index contributed by atoms with van der Waals surface area (Å²) >= 11 is 0. The van der Waals surface area contributed by atoms with Gasteiger partial charge in [0.05, 0.1) is 17.5 Å². The van der Waals surface area contributed by atoms with E-state index in [1.807, 2.05) is 13.0 Å². The number of nitrogens with zero attached hydrogens (tertiary/aromatic N) is 2. The highest BCUT2D eigenvalue weighted by molar-refractivity contribution is 7.89. The molecule has 0 saturated heterocycles. The second kappa shape index (κ2) is 12.4. The molecule has 2 aromatic carbocycles. The van der Waals surface area contributed by atoms with Crippen molar-refractivity contribution in [2.75, 3.05) is 32.7 Å². The van der Waals surface area contributed by atoms with Crippen molar-refractivity contribution in [2.24, 2.45) is 10.1 Å². The predicted molar refractivity (Wildman–Crippen MR) is 128 cm³/mol. The summed E-state index contributed by atoms with van der Waals surface area (Å²) in [5, 5.41) is 11.8. The number of benzene rings is 2. The monoisotopic (exact) mass is 445 g/mol. The molecule has 0 radical (unpaired) electrons. The molecule has 0 aliphatic rings. The van der Waals surface area contributed by atoms with Crippen LogP contribution in [0.25, 0.3) is 0 Å². The number of rotatable bonds is 11. The van der Waals surface area contributed by atoms with E-state index in [1.165, 1.54) is 5.56 Å². The lowest BCUT2D eigenvalue weighted by Gasteiger charge is -2.29. The first-order valence-corrected chi connectivity index (χ1v) is 12.4. The van der Waals surface area contributed by atoms with Crippen LogP contribution in [-0.2, 0) is 16.4 Å². The molecular formula is C23H35N5O2S. The molecule has 0 heterocycles. The Bertz CT molecular complexity index is 911. The van der Waals surface area contributed by atoms with E-state index >= 15 is 0 Å². The van der Waals surface area contributed by atoms with Gasteiger partial charge >= 0.3 is 0 Å². The second-order valence-electron chi connectivity index (χ2n) is 7.23. The number of sulfonamides is 1. The van der Waals surface area contributed by atoms with Crippen molar-refractivity contribution >= 4 is 16.0 Å². The average Bonchev–Trinajstić information content (AvgIpc) is 2.77. The molecule has 0 fully saturated rings. The Morgan fingerprint density at radius 2 is 1.65 bits per heavy atom. The number of hydrogen-bond acceptors (Lipinski definition) is 4. The maximum atomic E-state index is 11.4. The molecule has 0 amide bonds. The first-order chi connectivity index (χ1) is 14.9. The van der Waals surface area contributed by atoms with E-state index < -0.39 is 10.0 Å². The summed E-state index contributed by atoms with van der Waals surface area (Å²) in [6.45, 7) is 10.4. The van der Waals surface area contributed by atoms with Crippen LogP contribution in [0.1, 0.15) is 37.9 Å². The molecule has 0 aliphatic heterocycles. The lowest BCUT2D eigenvalue weighted by atomic mass is 10.1. The maximum absolute atomic E-state index is 11.4. The summed E-state index contributed by atoms with van der Waals surface area (Å²) in [4.78, 5) is 7.38. The van der Waals surface area contributed by atoms with Crippen LogP contribution in [0.5, 0.6) is 0 Å². The second-order valence-corrected chi connectivity index (χ2v) is 8.79.